The fraction of sp³-hybridized carbons (Fsp3) is 0.333. The van der Waals surface area contributed by atoms with E-state index >= 15 is 0 Å². The van der Waals surface area contributed by atoms with E-state index in [1.807, 2.05) is 38.1 Å². The van der Waals surface area contributed by atoms with Crippen LogP contribution in [0, 0.1) is 24.2 Å². The third kappa shape index (κ3) is 3.02. The highest BCUT2D eigenvalue weighted by Gasteiger charge is 1.98. The van der Waals surface area contributed by atoms with Gasteiger partial charge in [-0.2, -0.15) is 5.26 Å². The Hall–Kier alpha value is -1.62. The molecule has 1 aromatic rings. The second-order valence-electron chi connectivity index (χ2n) is 3.26. The van der Waals surface area contributed by atoms with Crippen LogP contribution in [0.1, 0.15) is 18.9 Å². The maximum atomic E-state index is 8.71. The van der Waals surface area contributed by atoms with E-state index < -0.39 is 0 Å². The van der Waals surface area contributed by atoms with Crippen molar-refractivity contribution in [1.29, 1.82) is 5.26 Å². The monoisotopic (exact) mass is 186 g/mol. The summed E-state index contributed by atoms with van der Waals surface area (Å²) in [5.41, 5.74) is 2.13. The fourth-order valence-electron chi connectivity index (χ4n) is 1.04. The number of aryl methyl sites for hydroxylation is 1. The molecule has 0 saturated heterocycles. The third-order valence-corrected chi connectivity index (χ3v) is 2.04. The van der Waals surface area contributed by atoms with Crippen molar-refractivity contribution in [1.82, 2.24) is 0 Å². The smallest absolute Gasteiger partial charge is 0.0813 e. The van der Waals surface area contributed by atoms with E-state index in [0.717, 1.165) is 12.1 Å². The van der Waals surface area contributed by atoms with Crippen molar-refractivity contribution < 1.29 is 0 Å². The Balaban J connectivity index is 2.69. The molecule has 1 atom stereocenters. The summed E-state index contributed by atoms with van der Waals surface area (Å²) in [7, 11) is 0. The average molecular weight is 186 g/mol. The van der Waals surface area contributed by atoms with Crippen LogP contribution in [0.15, 0.2) is 29.3 Å². The summed E-state index contributed by atoms with van der Waals surface area (Å²) in [6.07, 6.45) is 2.52. The number of nitriles is 1. The highest BCUT2D eigenvalue weighted by molar-refractivity contribution is 5.68. The Labute approximate surface area is 84.9 Å². The average Bonchev–Trinajstić information content (AvgIpc) is 2.22. The minimum atomic E-state index is -0.0729. The van der Waals surface area contributed by atoms with Gasteiger partial charge in [-0.25, -0.2) is 0 Å². The first-order chi connectivity index (χ1) is 6.76. The van der Waals surface area contributed by atoms with Crippen LogP contribution in [-0.2, 0) is 0 Å². The highest BCUT2D eigenvalue weighted by Crippen LogP contribution is 2.12. The van der Waals surface area contributed by atoms with E-state index in [9.17, 15) is 0 Å². The first-order valence-corrected chi connectivity index (χ1v) is 4.76. The van der Waals surface area contributed by atoms with Gasteiger partial charge < -0.3 is 0 Å². The van der Waals surface area contributed by atoms with Crippen molar-refractivity contribution in [3.8, 4) is 6.07 Å². The SMILES string of the molecule is CCC(C#N)C=Nc1ccc(C)cc1. The Bertz CT molecular complexity index is 344. The molecule has 14 heavy (non-hydrogen) atoms. The molecule has 2 heteroatoms. The van der Waals surface area contributed by atoms with Gasteiger partial charge in [0.05, 0.1) is 17.7 Å². The molecule has 72 valence electrons. The molecule has 0 saturated carbocycles. The third-order valence-electron chi connectivity index (χ3n) is 2.04. The van der Waals surface area contributed by atoms with E-state index in [2.05, 4.69) is 11.1 Å². The van der Waals surface area contributed by atoms with Gasteiger partial charge in [0.2, 0.25) is 0 Å². The second kappa shape index (κ2) is 5.18. The second-order valence-corrected chi connectivity index (χ2v) is 3.26. The number of rotatable bonds is 3. The number of aliphatic imine (C=N–C) groups is 1. The van der Waals surface area contributed by atoms with Crippen LogP contribution < -0.4 is 0 Å². The topological polar surface area (TPSA) is 36.1 Å². The Morgan fingerprint density at radius 2 is 2.07 bits per heavy atom. The van der Waals surface area contributed by atoms with Crippen molar-refractivity contribution >= 4 is 11.9 Å². The molecule has 0 amide bonds. The molecule has 1 unspecified atom stereocenters. The molecule has 2 nitrogen and oxygen atoms in total. The zero-order valence-corrected chi connectivity index (χ0v) is 8.57. The maximum Gasteiger partial charge on any atom is 0.0813 e. The first-order valence-electron chi connectivity index (χ1n) is 4.76. The fourth-order valence-corrected chi connectivity index (χ4v) is 1.04. The van der Waals surface area contributed by atoms with Gasteiger partial charge in [-0.05, 0) is 25.5 Å². The van der Waals surface area contributed by atoms with Gasteiger partial charge in [-0.15, -0.1) is 0 Å². The molecule has 0 spiro atoms. The van der Waals surface area contributed by atoms with Crippen LogP contribution in [0.3, 0.4) is 0 Å². The lowest BCUT2D eigenvalue weighted by Gasteiger charge is -1.97. The number of benzene rings is 1. The molecule has 0 N–H and O–H groups in total. The van der Waals surface area contributed by atoms with Gasteiger partial charge >= 0.3 is 0 Å². The molecular formula is C12H14N2. The van der Waals surface area contributed by atoms with E-state index in [1.165, 1.54) is 5.56 Å². The van der Waals surface area contributed by atoms with Crippen molar-refractivity contribution in [3.05, 3.63) is 29.8 Å². The number of hydrogen-bond donors (Lipinski definition) is 0. The van der Waals surface area contributed by atoms with Gasteiger partial charge in [0.1, 0.15) is 0 Å². The normalized spacial score (nSPS) is 12.6. The van der Waals surface area contributed by atoms with Crippen molar-refractivity contribution in [3.63, 3.8) is 0 Å². The highest BCUT2D eigenvalue weighted by atomic mass is 14.7. The first kappa shape index (κ1) is 10.5. The van der Waals surface area contributed by atoms with Crippen LogP contribution in [0.4, 0.5) is 5.69 Å². The predicted molar refractivity (Wildman–Crippen MR) is 58.7 cm³/mol. The molecule has 0 aromatic heterocycles. The Morgan fingerprint density at radius 1 is 1.43 bits per heavy atom. The molecule has 0 aliphatic carbocycles. The molecule has 0 aliphatic rings. The number of nitrogens with zero attached hydrogens (tertiary/aromatic N) is 2. The van der Waals surface area contributed by atoms with E-state index in [4.69, 9.17) is 5.26 Å². The van der Waals surface area contributed by atoms with Crippen LogP contribution in [0.5, 0.6) is 0 Å². The van der Waals surface area contributed by atoms with Gasteiger partial charge in [0.25, 0.3) is 0 Å². The Kier molecular flexibility index (Phi) is 3.87. The van der Waals surface area contributed by atoms with Crippen molar-refractivity contribution in [2.45, 2.75) is 20.3 Å². The molecule has 1 rings (SSSR count). The lowest BCUT2D eigenvalue weighted by atomic mass is 10.1. The van der Waals surface area contributed by atoms with Crippen LogP contribution in [0.2, 0.25) is 0 Å². The largest absolute Gasteiger partial charge is 0.260 e. The predicted octanol–water partition coefficient (Wildman–Crippen LogP) is 3.25. The molecule has 1 aromatic carbocycles. The molecule has 0 fully saturated rings. The Morgan fingerprint density at radius 3 is 2.57 bits per heavy atom. The minimum Gasteiger partial charge on any atom is -0.260 e. The zero-order valence-electron chi connectivity index (χ0n) is 8.57. The van der Waals surface area contributed by atoms with Crippen LogP contribution in [-0.4, -0.2) is 6.21 Å². The van der Waals surface area contributed by atoms with Crippen LogP contribution in [0.25, 0.3) is 0 Å². The molecular weight excluding hydrogens is 172 g/mol. The maximum absolute atomic E-state index is 8.71. The zero-order chi connectivity index (χ0) is 10.4. The molecule has 0 radical (unpaired) electrons. The summed E-state index contributed by atoms with van der Waals surface area (Å²) in [5, 5.41) is 8.71. The summed E-state index contributed by atoms with van der Waals surface area (Å²) < 4.78 is 0. The standard InChI is InChI=1S/C12H14N2/c1-3-11(8-13)9-14-12-6-4-10(2)5-7-12/h4-7,9,11H,3H2,1-2H3. The van der Waals surface area contributed by atoms with Gasteiger partial charge in [0, 0.05) is 6.21 Å². The summed E-state index contributed by atoms with van der Waals surface area (Å²) in [6, 6.07) is 10.1. The van der Waals surface area contributed by atoms with Gasteiger partial charge in [-0.1, -0.05) is 24.6 Å². The summed E-state index contributed by atoms with van der Waals surface area (Å²) in [5.74, 6) is -0.0729. The lowest BCUT2D eigenvalue weighted by Crippen LogP contribution is -1.94. The summed E-state index contributed by atoms with van der Waals surface area (Å²) >= 11 is 0. The molecule has 0 aliphatic heterocycles. The molecule has 0 bridgehead atoms. The van der Waals surface area contributed by atoms with Gasteiger partial charge in [0.15, 0.2) is 0 Å². The van der Waals surface area contributed by atoms with E-state index in [1.54, 1.807) is 6.21 Å². The van der Waals surface area contributed by atoms with Crippen LogP contribution >= 0.6 is 0 Å². The molecule has 0 heterocycles. The van der Waals surface area contributed by atoms with E-state index in [0.29, 0.717) is 0 Å². The lowest BCUT2D eigenvalue weighted by molar-refractivity contribution is 0.845. The van der Waals surface area contributed by atoms with E-state index in [-0.39, 0.29) is 5.92 Å². The summed E-state index contributed by atoms with van der Waals surface area (Å²) in [6.45, 7) is 4.02. The minimum absolute atomic E-state index is 0.0729. The van der Waals surface area contributed by atoms with Crippen molar-refractivity contribution in [2.75, 3.05) is 0 Å². The van der Waals surface area contributed by atoms with Gasteiger partial charge in [-0.3, -0.25) is 4.99 Å². The number of hydrogen-bond acceptors (Lipinski definition) is 2. The van der Waals surface area contributed by atoms with Crippen molar-refractivity contribution in [2.24, 2.45) is 10.9 Å². The summed E-state index contributed by atoms with van der Waals surface area (Å²) in [4.78, 5) is 4.24. The quantitative estimate of drug-likeness (QED) is 0.667.